The van der Waals surface area contributed by atoms with Gasteiger partial charge in [0, 0.05) is 11.8 Å². The van der Waals surface area contributed by atoms with Gasteiger partial charge in [0.15, 0.2) is 0 Å². The molecular weight excluding hydrogens is 236 g/mol. The first-order valence-corrected chi connectivity index (χ1v) is 6.78. The number of imidazole rings is 1. The third-order valence-corrected chi connectivity index (χ3v) is 3.73. The van der Waals surface area contributed by atoms with E-state index in [0.29, 0.717) is 17.5 Å². The predicted octanol–water partition coefficient (Wildman–Crippen LogP) is 3.37. The van der Waals surface area contributed by atoms with Gasteiger partial charge in [0.1, 0.15) is 5.82 Å². The molecule has 3 aromatic rings. The quantitative estimate of drug-likeness (QED) is 0.779. The molecule has 0 fully saturated rings. The third-order valence-electron chi connectivity index (χ3n) is 3.73. The van der Waals surface area contributed by atoms with Crippen LogP contribution in [0.1, 0.15) is 38.3 Å². The van der Waals surface area contributed by atoms with E-state index in [2.05, 4.69) is 34.3 Å². The van der Waals surface area contributed by atoms with Crippen LogP contribution in [0.3, 0.4) is 0 Å². The average Bonchev–Trinajstić information content (AvgIpc) is 2.77. The molecule has 0 atom stereocenters. The van der Waals surface area contributed by atoms with Crippen LogP contribution in [-0.2, 0) is 0 Å². The second kappa shape index (κ2) is 4.53. The standard InChI is InChI=1S/C15H18N4/c1-3-10(4-2)13-9-14(16)18-15-17-11-7-5-6-8-12(11)19(13)15/h5-10H,3-4H2,1-2H3,(H2,16,17,18). The molecule has 0 unspecified atom stereocenters. The number of anilines is 1. The minimum Gasteiger partial charge on any atom is -0.384 e. The summed E-state index contributed by atoms with van der Waals surface area (Å²) in [5, 5.41) is 0. The summed E-state index contributed by atoms with van der Waals surface area (Å²) in [6, 6.07) is 10.1. The molecule has 98 valence electrons. The molecule has 2 heterocycles. The second-order valence-electron chi connectivity index (χ2n) is 4.86. The molecule has 19 heavy (non-hydrogen) atoms. The van der Waals surface area contributed by atoms with Crippen molar-refractivity contribution < 1.29 is 0 Å². The molecule has 0 aliphatic heterocycles. The van der Waals surface area contributed by atoms with Crippen molar-refractivity contribution in [2.24, 2.45) is 0 Å². The topological polar surface area (TPSA) is 56.2 Å². The highest BCUT2D eigenvalue weighted by atomic mass is 15.1. The van der Waals surface area contributed by atoms with E-state index in [9.17, 15) is 0 Å². The molecular formula is C15H18N4. The number of fused-ring (bicyclic) bond motifs is 3. The van der Waals surface area contributed by atoms with Crippen LogP contribution in [0, 0.1) is 0 Å². The van der Waals surface area contributed by atoms with Crippen LogP contribution in [0.4, 0.5) is 5.82 Å². The van der Waals surface area contributed by atoms with E-state index < -0.39 is 0 Å². The Kier molecular flexibility index (Phi) is 2.85. The first kappa shape index (κ1) is 12.0. The number of para-hydroxylation sites is 2. The molecule has 1 aromatic carbocycles. The van der Waals surface area contributed by atoms with Gasteiger partial charge in [0.2, 0.25) is 5.78 Å². The first-order chi connectivity index (χ1) is 9.24. The summed E-state index contributed by atoms with van der Waals surface area (Å²) in [4.78, 5) is 8.91. The molecule has 0 radical (unpaired) electrons. The molecule has 0 bridgehead atoms. The fourth-order valence-electron chi connectivity index (χ4n) is 2.71. The van der Waals surface area contributed by atoms with E-state index in [0.717, 1.165) is 23.9 Å². The predicted molar refractivity (Wildman–Crippen MR) is 78.2 cm³/mol. The van der Waals surface area contributed by atoms with E-state index in [1.54, 1.807) is 0 Å². The highest BCUT2D eigenvalue weighted by molar-refractivity contribution is 5.80. The molecule has 0 amide bonds. The third kappa shape index (κ3) is 1.84. The van der Waals surface area contributed by atoms with Gasteiger partial charge in [-0.25, -0.2) is 4.98 Å². The number of nitrogens with two attached hydrogens (primary N) is 1. The van der Waals surface area contributed by atoms with E-state index in [-0.39, 0.29) is 0 Å². The normalized spacial score (nSPS) is 11.7. The lowest BCUT2D eigenvalue weighted by Gasteiger charge is -2.15. The number of nitrogen functional groups attached to an aromatic ring is 1. The SMILES string of the molecule is CCC(CC)c1cc(N)nc2nc3ccccc3n12. The van der Waals surface area contributed by atoms with E-state index in [1.165, 1.54) is 5.69 Å². The summed E-state index contributed by atoms with van der Waals surface area (Å²) >= 11 is 0. The van der Waals surface area contributed by atoms with Crippen LogP contribution in [-0.4, -0.2) is 14.4 Å². The van der Waals surface area contributed by atoms with Crippen molar-refractivity contribution in [3.8, 4) is 0 Å². The van der Waals surface area contributed by atoms with Gasteiger partial charge in [-0.3, -0.25) is 4.40 Å². The van der Waals surface area contributed by atoms with Crippen molar-refractivity contribution in [1.82, 2.24) is 14.4 Å². The first-order valence-electron chi connectivity index (χ1n) is 6.78. The smallest absolute Gasteiger partial charge is 0.237 e. The Morgan fingerprint density at radius 3 is 2.63 bits per heavy atom. The minimum absolute atomic E-state index is 0.477. The van der Waals surface area contributed by atoms with Crippen LogP contribution in [0.25, 0.3) is 16.8 Å². The number of aromatic nitrogens is 3. The van der Waals surface area contributed by atoms with Gasteiger partial charge < -0.3 is 5.73 Å². The Bertz CT molecular complexity index is 725. The van der Waals surface area contributed by atoms with Crippen LogP contribution < -0.4 is 5.73 Å². The van der Waals surface area contributed by atoms with Gasteiger partial charge >= 0.3 is 0 Å². The van der Waals surface area contributed by atoms with E-state index in [1.807, 2.05) is 24.3 Å². The van der Waals surface area contributed by atoms with Gasteiger partial charge in [-0.05, 0) is 30.9 Å². The Morgan fingerprint density at radius 2 is 1.89 bits per heavy atom. The Morgan fingerprint density at radius 1 is 1.16 bits per heavy atom. The van der Waals surface area contributed by atoms with E-state index >= 15 is 0 Å². The van der Waals surface area contributed by atoms with Crippen molar-refractivity contribution in [2.75, 3.05) is 5.73 Å². The van der Waals surface area contributed by atoms with Crippen LogP contribution in [0.2, 0.25) is 0 Å². The molecule has 4 nitrogen and oxygen atoms in total. The molecule has 3 rings (SSSR count). The molecule has 0 spiro atoms. The van der Waals surface area contributed by atoms with Gasteiger partial charge in [-0.15, -0.1) is 0 Å². The van der Waals surface area contributed by atoms with Crippen LogP contribution in [0.5, 0.6) is 0 Å². The van der Waals surface area contributed by atoms with Crippen LogP contribution in [0.15, 0.2) is 30.3 Å². The zero-order valence-electron chi connectivity index (χ0n) is 11.3. The lowest BCUT2D eigenvalue weighted by molar-refractivity contribution is 0.617. The summed E-state index contributed by atoms with van der Waals surface area (Å²) < 4.78 is 2.14. The summed E-state index contributed by atoms with van der Waals surface area (Å²) in [5.41, 5.74) is 9.21. The van der Waals surface area contributed by atoms with E-state index in [4.69, 9.17) is 5.73 Å². The van der Waals surface area contributed by atoms with Crippen molar-refractivity contribution in [2.45, 2.75) is 32.6 Å². The molecule has 0 saturated carbocycles. The minimum atomic E-state index is 0.477. The molecule has 0 aliphatic carbocycles. The lowest BCUT2D eigenvalue weighted by atomic mass is 9.99. The number of benzene rings is 1. The maximum atomic E-state index is 5.93. The molecule has 4 heteroatoms. The Labute approximate surface area is 112 Å². The monoisotopic (exact) mass is 254 g/mol. The van der Waals surface area contributed by atoms with Crippen LogP contribution >= 0.6 is 0 Å². The molecule has 0 aliphatic rings. The fourth-order valence-corrected chi connectivity index (χ4v) is 2.71. The largest absolute Gasteiger partial charge is 0.384 e. The number of nitrogens with zero attached hydrogens (tertiary/aromatic N) is 3. The summed E-state index contributed by atoms with van der Waals surface area (Å²) in [6.07, 6.45) is 2.17. The number of hydrogen-bond donors (Lipinski definition) is 1. The second-order valence-corrected chi connectivity index (χ2v) is 4.86. The lowest BCUT2D eigenvalue weighted by Crippen LogP contribution is -2.07. The number of rotatable bonds is 3. The van der Waals surface area contributed by atoms with Gasteiger partial charge in [0.25, 0.3) is 0 Å². The van der Waals surface area contributed by atoms with Crippen molar-refractivity contribution in [1.29, 1.82) is 0 Å². The van der Waals surface area contributed by atoms with Gasteiger partial charge in [-0.2, -0.15) is 4.98 Å². The maximum absolute atomic E-state index is 5.93. The highest BCUT2D eigenvalue weighted by Gasteiger charge is 2.16. The van der Waals surface area contributed by atoms with Crippen molar-refractivity contribution >= 4 is 22.6 Å². The van der Waals surface area contributed by atoms with Gasteiger partial charge in [-0.1, -0.05) is 26.0 Å². The summed E-state index contributed by atoms with van der Waals surface area (Å²) in [5.74, 6) is 1.72. The Balaban J connectivity index is 2.41. The average molecular weight is 254 g/mol. The van der Waals surface area contributed by atoms with Gasteiger partial charge in [0.05, 0.1) is 11.0 Å². The fraction of sp³-hybridized carbons (Fsp3) is 0.333. The maximum Gasteiger partial charge on any atom is 0.237 e. The van der Waals surface area contributed by atoms with Crippen molar-refractivity contribution in [3.05, 3.63) is 36.0 Å². The zero-order chi connectivity index (χ0) is 13.4. The molecule has 0 saturated heterocycles. The number of hydrogen-bond acceptors (Lipinski definition) is 3. The molecule has 2 N–H and O–H groups in total. The zero-order valence-corrected chi connectivity index (χ0v) is 11.3. The summed E-state index contributed by atoms with van der Waals surface area (Å²) in [7, 11) is 0. The Hall–Kier alpha value is -2.10. The highest BCUT2D eigenvalue weighted by Crippen LogP contribution is 2.27. The van der Waals surface area contributed by atoms with Crippen molar-refractivity contribution in [3.63, 3.8) is 0 Å². The summed E-state index contributed by atoms with van der Waals surface area (Å²) in [6.45, 7) is 4.41. The molecule has 2 aromatic heterocycles.